The Balaban J connectivity index is 2.98. The maximum absolute atomic E-state index is 11.2. The molecule has 0 saturated carbocycles. The van der Waals surface area contributed by atoms with Crippen LogP contribution in [0.4, 0.5) is 5.95 Å². The van der Waals surface area contributed by atoms with Crippen LogP contribution in [0.25, 0.3) is 11.2 Å². The molecule has 0 aliphatic rings. The van der Waals surface area contributed by atoms with Crippen LogP contribution in [0.2, 0.25) is 0 Å². The van der Waals surface area contributed by atoms with E-state index in [4.69, 9.17) is 5.73 Å². The Hall–Kier alpha value is -1.63. The Morgan fingerprint density at radius 3 is 2.83 bits per heavy atom. The first kappa shape index (κ1) is 7.04. The number of nitrogens with zero attached hydrogens (tertiary/aromatic N) is 2. The third-order valence-corrected chi connectivity index (χ3v) is 1.97. The largest absolute Gasteiger partial charge is 0.369 e. The van der Waals surface area contributed by atoms with Crippen LogP contribution in [0.3, 0.4) is 0 Å². The van der Waals surface area contributed by atoms with Gasteiger partial charge in [-0.25, -0.2) is 4.98 Å². The molecule has 0 atom stereocenters. The number of nitrogens with one attached hydrogen (secondary N) is 2. The first-order chi connectivity index (χ1) is 5.66. The van der Waals surface area contributed by atoms with Crippen molar-refractivity contribution in [3.05, 3.63) is 10.4 Å². The van der Waals surface area contributed by atoms with Crippen molar-refractivity contribution >= 4 is 32.8 Å². The fraction of sp³-hybridized carbons (Fsp3) is 0. The fourth-order valence-corrected chi connectivity index (χ4v) is 1.50. The molecule has 62 valence electrons. The summed E-state index contributed by atoms with van der Waals surface area (Å²) in [6.07, 6.45) is 0. The van der Waals surface area contributed by atoms with Gasteiger partial charge >= 0.3 is 0 Å². The highest BCUT2D eigenvalue weighted by atomic mass is 28.1. The van der Waals surface area contributed by atoms with Gasteiger partial charge in [0.25, 0.3) is 5.56 Å². The standard InChI is InChI=1S/C5H7N5OSi/c6-4-8-2-1(3(11)10-4)7-5(12)9-2/h12H3,(H4,6,7,8,9,10,11). The summed E-state index contributed by atoms with van der Waals surface area (Å²) in [5.74, 6) is 0.0978. The first-order valence-corrected chi connectivity index (χ1v) is 4.39. The molecule has 0 aliphatic heterocycles. The number of aromatic nitrogens is 4. The van der Waals surface area contributed by atoms with E-state index in [1.165, 1.54) is 0 Å². The van der Waals surface area contributed by atoms with Crippen LogP contribution < -0.4 is 16.7 Å². The monoisotopic (exact) mass is 181 g/mol. The lowest BCUT2D eigenvalue weighted by atomic mass is 10.5. The summed E-state index contributed by atoms with van der Waals surface area (Å²) >= 11 is 0. The zero-order valence-corrected chi connectivity index (χ0v) is 8.38. The Morgan fingerprint density at radius 1 is 1.33 bits per heavy atom. The van der Waals surface area contributed by atoms with Crippen molar-refractivity contribution in [2.45, 2.75) is 0 Å². The fourth-order valence-electron chi connectivity index (χ4n) is 1.04. The van der Waals surface area contributed by atoms with Crippen LogP contribution in [-0.2, 0) is 0 Å². The van der Waals surface area contributed by atoms with Gasteiger partial charge in [0.05, 0.1) is 15.7 Å². The van der Waals surface area contributed by atoms with Crippen LogP contribution in [0.5, 0.6) is 0 Å². The number of H-pyrrole nitrogens is 2. The topological polar surface area (TPSA) is 100 Å². The van der Waals surface area contributed by atoms with E-state index >= 15 is 0 Å². The van der Waals surface area contributed by atoms with Gasteiger partial charge in [-0.05, 0) is 0 Å². The summed E-state index contributed by atoms with van der Waals surface area (Å²) in [4.78, 5) is 24.3. The van der Waals surface area contributed by atoms with E-state index < -0.39 is 0 Å². The van der Waals surface area contributed by atoms with Crippen LogP contribution in [0, 0.1) is 0 Å². The van der Waals surface area contributed by atoms with Gasteiger partial charge in [0.1, 0.15) is 0 Å². The van der Waals surface area contributed by atoms with E-state index in [1.54, 1.807) is 0 Å². The molecule has 0 unspecified atom stereocenters. The SMILES string of the molecule is Nc1nc2nc([SiH3])[nH]c2c(=O)[nH]1. The second-order valence-electron chi connectivity index (χ2n) is 2.47. The van der Waals surface area contributed by atoms with E-state index in [1.807, 2.05) is 0 Å². The van der Waals surface area contributed by atoms with E-state index in [0.29, 0.717) is 11.2 Å². The van der Waals surface area contributed by atoms with Crippen molar-refractivity contribution in [2.75, 3.05) is 5.73 Å². The molecule has 0 fully saturated rings. The number of hydrogen-bond acceptors (Lipinski definition) is 4. The van der Waals surface area contributed by atoms with Gasteiger partial charge in [-0.3, -0.25) is 9.78 Å². The number of nitrogens with two attached hydrogens (primary N) is 1. The average molecular weight is 181 g/mol. The number of rotatable bonds is 0. The first-order valence-electron chi connectivity index (χ1n) is 3.39. The minimum atomic E-state index is -0.271. The lowest BCUT2D eigenvalue weighted by Gasteiger charge is -1.89. The quantitative estimate of drug-likeness (QED) is 0.383. The van der Waals surface area contributed by atoms with Crippen LogP contribution >= 0.6 is 0 Å². The molecule has 0 saturated heterocycles. The Kier molecular flexibility index (Phi) is 1.28. The number of aromatic amines is 2. The van der Waals surface area contributed by atoms with Gasteiger partial charge < -0.3 is 10.7 Å². The summed E-state index contributed by atoms with van der Waals surface area (Å²) in [7, 11) is 0.758. The number of imidazole rings is 1. The van der Waals surface area contributed by atoms with Gasteiger partial charge in [0.15, 0.2) is 11.2 Å². The highest BCUT2D eigenvalue weighted by Gasteiger charge is 2.04. The molecular weight excluding hydrogens is 174 g/mol. The minimum absolute atomic E-state index is 0.0978. The van der Waals surface area contributed by atoms with Gasteiger partial charge in [0.2, 0.25) is 5.95 Å². The van der Waals surface area contributed by atoms with Gasteiger partial charge in [0, 0.05) is 0 Å². The molecule has 2 aromatic heterocycles. The minimum Gasteiger partial charge on any atom is -0.369 e. The maximum Gasteiger partial charge on any atom is 0.278 e. The molecule has 0 spiro atoms. The predicted octanol–water partition coefficient (Wildman–Crippen LogP) is -2.78. The molecule has 2 rings (SSSR count). The van der Waals surface area contributed by atoms with E-state index in [2.05, 4.69) is 19.9 Å². The van der Waals surface area contributed by atoms with Gasteiger partial charge in [-0.2, -0.15) is 4.98 Å². The smallest absolute Gasteiger partial charge is 0.278 e. The molecule has 2 aromatic rings. The molecule has 0 bridgehead atoms. The number of fused-ring (bicyclic) bond motifs is 1. The highest BCUT2D eigenvalue weighted by Crippen LogP contribution is 1.97. The second-order valence-corrected chi connectivity index (χ2v) is 3.42. The van der Waals surface area contributed by atoms with Crippen LogP contribution in [-0.4, -0.2) is 30.2 Å². The average Bonchev–Trinajstić information content (AvgIpc) is 2.29. The number of nitrogen functional groups attached to an aromatic ring is 1. The molecule has 0 aliphatic carbocycles. The van der Waals surface area contributed by atoms with E-state index in [-0.39, 0.29) is 11.5 Å². The molecular formula is C5H7N5OSi. The van der Waals surface area contributed by atoms with E-state index in [9.17, 15) is 4.79 Å². The maximum atomic E-state index is 11.2. The Bertz CT molecular complexity index is 486. The Labute approximate surface area is 69.7 Å². The zero-order chi connectivity index (χ0) is 8.72. The van der Waals surface area contributed by atoms with Gasteiger partial charge in [-0.1, -0.05) is 0 Å². The predicted molar refractivity (Wildman–Crippen MR) is 48.5 cm³/mol. The molecule has 2 heterocycles. The lowest BCUT2D eigenvalue weighted by molar-refractivity contribution is 1.17. The van der Waals surface area contributed by atoms with Crippen molar-refractivity contribution in [2.24, 2.45) is 0 Å². The van der Waals surface area contributed by atoms with Crippen molar-refractivity contribution in [1.29, 1.82) is 0 Å². The third-order valence-electron chi connectivity index (χ3n) is 1.50. The highest BCUT2D eigenvalue weighted by molar-refractivity contribution is 6.29. The Morgan fingerprint density at radius 2 is 2.08 bits per heavy atom. The summed E-state index contributed by atoms with van der Waals surface area (Å²) in [5.41, 5.74) is 6.63. The summed E-state index contributed by atoms with van der Waals surface area (Å²) in [5, 5.41) is 0. The van der Waals surface area contributed by atoms with Crippen molar-refractivity contribution in [1.82, 2.24) is 19.9 Å². The van der Waals surface area contributed by atoms with Crippen molar-refractivity contribution in [3.63, 3.8) is 0 Å². The molecule has 6 nitrogen and oxygen atoms in total. The van der Waals surface area contributed by atoms with Crippen molar-refractivity contribution < 1.29 is 0 Å². The molecule has 4 N–H and O–H groups in total. The van der Waals surface area contributed by atoms with E-state index in [0.717, 1.165) is 15.7 Å². The van der Waals surface area contributed by atoms with Crippen LogP contribution in [0.15, 0.2) is 4.79 Å². The van der Waals surface area contributed by atoms with Gasteiger partial charge in [-0.15, -0.1) is 0 Å². The van der Waals surface area contributed by atoms with Crippen LogP contribution in [0.1, 0.15) is 0 Å². The van der Waals surface area contributed by atoms with Crippen molar-refractivity contribution in [3.8, 4) is 0 Å². The molecule has 0 aromatic carbocycles. The zero-order valence-electron chi connectivity index (χ0n) is 6.38. The number of anilines is 1. The summed E-state index contributed by atoms with van der Waals surface area (Å²) < 4.78 is 0. The second kappa shape index (κ2) is 2.17. The molecule has 12 heavy (non-hydrogen) atoms. The summed E-state index contributed by atoms with van der Waals surface area (Å²) in [6.45, 7) is 0. The molecule has 7 heteroatoms. The molecule has 0 amide bonds. The number of hydrogen-bond donors (Lipinski definition) is 3. The lowest BCUT2D eigenvalue weighted by Crippen LogP contribution is -2.11. The third kappa shape index (κ3) is 0.908. The normalized spacial score (nSPS) is 11.0. The molecule has 0 radical (unpaired) electrons. The summed E-state index contributed by atoms with van der Waals surface area (Å²) in [6, 6.07) is 0.